The van der Waals surface area contributed by atoms with Gasteiger partial charge in [0, 0.05) is 70.5 Å². The molecule has 0 radical (unpaired) electrons. The van der Waals surface area contributed by atoms with Gasteiger partial charge >= 0.3 is 0 Å². The van der Waals surface area contributed by atoms with E-state index in [0.717, 1.165) is 34.0 Å². The molecular formula is C65H52BN3OS. The van der Waals surface area contributed by atoms with Gasteiger partial charge in [-0.25, -0.2) is 0 Å². The van der Waals surface area contributed by atoms with E-state index >= 15 is 0 Å². The molecule has 4 aliphatic rings. The maximum atomic E-state index is 7.02. The zero-order chi connectivity index (χ0) is 47.5. The Morgan fingerprint density at radius 3 is 2.00 bits per heavy atom. The summed E-state index contributed by atoms with van der Waals surface area (Å²) in [7, 11) is 0. The molecule has 0 N–H and O–H groups in total. The highest BCUT2D eigenvalue weighted by Crippen LogP contribution is 2.62. The first-order valence-corrected chi connectivity index (χ1v) is 26.3. The third kappa shape index (κ3) is 5.57. The molecule has 11 aromatic rings. The summed E-state index contributed by atoms with van der Waals surface area (Å²) in [5, 5.41) is 4.84. The topological polar surface area (TPSA) is 22.9 Å². The molecule has 342 valence electrons. The molecule has 0 amide bonds. The molecule has 15 rings (SSSR count). The molecule has 6 heteroatoms. The van der Waals surface area contributed by atoms with E-state index in [-0.39, 0.29) is 17.7 Å². The van der Waals surface area contributed by atoms with Crippen molar-refractivity contribution in [2.75, 3.05) is 14.7 Å². The van der Waals surface area contributed by atoms with Crippen molar-refractivity contribution in [1.29, 1.82) is 0 Å². The zero-order valence-electron chi connectivity index (χ0n) is 40.8. The van der Waals surface area contributed by atoms with E-state index in [1.54, 1.807) is 0 Å². The van der Waals surface area contributed by atoms with E-state index in [9.17, 15) is 0 Å². The minimum Gasteiger partial charge on any atom is -0.454 e. The normalized spacial score (nSPS) is 18.8. The predicted molar refractivity (Wildman–Crippen MR) is 303 cm³/mol. The number of nitrogens with zero attached hydrogens (tertiary/aromatic N) is 3. The highest BCUT2D eigenvalue weighted by atomic mass is 32.1. The molecule has 0 saturated heterocycles. The van der Waals surface area contributed by atoms with Gasteiger partial charge in [-0.2, -0.15) is 0 Å². The third-order valence-corrected chi connectivity index (χ3v) is 18.5. The molecule has 1 fully saturated rings. The lowest BCUT2D eigenvalue weighted by molar-refractivity contribution is 0.194. The van der Waals surface area contributed by atoms with Crippen LogP contribution in [0.15, 0.2) is 180 Å². The molecule has 3 aliphatic heterocycles. The lowest BCUT2D eigenvalue weighted by Crippen LogP contribution is -2.61. The molecule has 2 atom stereocenters. The molecule has 1 aliphatic carbocycles. The highest BCUT2D eigenvalue weighted by molar-refractivity contribution is 7.26. The van der Waals surface area contributed by atoms with Crippen LogP contribution in [-0.4, -0.2) is 12.3 Å². The smallest absolute Gasteiger partial charge is 0.252 e. The van der Waals surface area contributed by atoms with Crippen LogP contribution in [0.25, 0.3) is 53.2 Å². The number of fused-ring (bicyclic) bond motifs is 13. The van der Waals surface area contributed by atoms with E-state index in [2.05, 4.69) is 225 Å². The molecule has 1 saturated carbocycles. The summed E-state index contributed by atoms with van der Waals surface area (Å²) < 4.78 is 9.61. The van der Waals surface area contributed by atoms with Gasteiger partial charge in [-0.3, -0.25) is 0 Å². The molecule has 9 aromatic carbocycles. The largest absolute Gasteiger partial charge is 0.454 e. The summed E-state index contributed by atoms with van der Waals surface area (Å²) in [6.07, 6.45) is 4.81. The first kappa shape index (κ1) is 41.3. The van der Waals surface area contributed by atoms with Gasteiger partial charge in [0.05, 0.1) is 16.9 Å². The first-order chi connectivity index (χ1) is 34.7. The van der Waals surface area contributed by atoms with E-state index in [1.165, 1.54) is 129 Å². The second-order valence-electron chi connectivity index (χ2n) is 21.3. The lowest BCUT2D eigenvalue weighted by atomic mass is 9.33. The van der Waals surface area contributed by atoms with Crippen LogP contribution < -0.4 is 31.1 Å². The summed E-state index contributed by atoms with van der Waals surface area (Å²) in [6.45, 7) is 12.0. The van der Waals surface area contributed by atoms with Crippen LogP contribution in [0, 0.1) is 20.8 Å². The number of hydrogen-bond donors (Lipinski definition) is 0. The van der Waals surface area contributed by atoms with Crippen LogP contribution in [0.4, 0.5) is 45.5 Å². The second-order valence-corrected chi connectivity index (χ2v) is 22.4. The molecule has 2 aromatic heterocycles. The molecule has 2 unspecified atom stereocenters. The van der Waals surface area contributed by atoms with Crippen LogP contribution in [0.3, 0.4) is 0 Å². The van der Waals surface area contributed by atoms with Crippen molar-refractivity contribution in [3.63, 3.8) is 0 Å². The number of thiophene rings is 1. The fourth-order valence-corrected chi connectivity index (χ4v) is 15.3. The van der Waals surface area contributed by atoms with Gasteiger partial charge in [0.2, 0.25) is 0 Å². The number of furan rings is 1. The van der Waals surface area contributed by atoms with Gasteiger partial charge in [0.25, 0.3) is 6.71 Å². The van der Waals surface area contributed by atoms with Crippen LogP contribution >= 0.6 is 11.3 Å². The molecule has 5 heterocycles. The molecule has 0 bridgehead atoms. The summed E-state index contributed by atoms with van der Waals surface area (Å²) in [5.41, 5.74) is 23.2. The van der Waals surface area contributed by atoms with Crippen molar-refractivity contribution >= 4 is 122 Å². The molecule has 4 nitrogen and oxygen atoms in total. The maximum Gasteiger partial charge on any atom is 0.252 e. The van der Waals surface area contributed by atoms with E-state index in [0.29, 0.717) is 0 Å². The summed E-state index contributed by atoms with van der Waals surface area (Å²) in [6, 6.07) is 66.5. The molecule has 0 spiro atoms. The Morgan fingerprint density at radius 2 is 1.15 bits per heavy atom. The SMILES string of the molecule is Cc1cc2c3c(c1)N(c1cccc4sc5ccccc5c14)c1cc(-c4ccccc4)ccc1B3c1ccc(N3c4cc(C)cc(C)c4C4(C)CCCCC34C)cc1N2c1cccc2c1oc1ccccc12. The van der Waals surface area contributed by atoms with Gasteiger partial charge in [-0.05, 0) is 157 Å². The number of rotatable bonds is 4. The minimum atomic E-state index is -0.0983. The van der Waals surface area contributed by atoms with Crippen LogP contribution in [0.2, 0.25) is 0 Å². The summed E-state index contributed by atoms with van der Waals surface area (Å²) in [4.78, 5) is 7.96. The van der Waals surface area contributed by atoms with Crippen molar-refractivity contribution in [2.45, 2.75) is 71.3 Å². The zero-order valence-corrected chi connectivity index (χ0v) is 41.6. The van der Waals surface area contributed by atoms with Crippen molar-refractivity contribution < 1.29 is 4.42 Å². The van der Waals surface area contributed by atoms with Gasteiger partial charge in [-0.1, -0.05) is 129 Å². The Kier molecular flexibility index (Phi) is 8.58. The van der Waals surface area contributed by atoms with Gasteiger partial charge in [0.15, 0.2) is 5.58 Å². The molecule has 71 heavy (non-hydrogen) atoms. The van der Waals surface area contributed by atoms with Crippen LogP contribution in [0.1, 0.15) is 61.8 Å². The number of hydrogen-bond acceptors (Lipinski definition) is 5. The standard InChI is InChI=1S/C65H52BN3OS/c1-39-33-41(3)61-54(34-39)69(65(5)32-14-13-31-64(61,65)4)44-28-30-49-53(38-44)68(51-23-15-21-46-45-19-9-11-24-57(45)70-63(46)51)56-36-40(2)35-55-62(56)66(49)48-29-27-43(42-17-7-6-8-18-42)37-52(48)67(55)50-22-16-26-59-60(50)47-20-10-12-25-58(47)71-59/h6-12,15-30,33-38H,13-14,31-32H2,1-5H3. The van der Waals surface area contributed by atoms with E-state index in [4.69, 9.17) is 4.42 Å². The summed E-state index contributed by atoms with van der Waals surface area (Å²) >= 11 is 1.88. The van der Waals surface area contributed by atoms with Crippen molar-refractivity contribution in [2.24, 2.45) is 0 Å². The van der Waals surface area contributed by atoms with Gasteiger partial charge < -0.3 is 19.1 Å². The van der Waals surface area contributed by atoms with Crippen molar-refractivity contribution in [3.05, 3.63) is 198 Å². The fraction of sp³-hybridized carbons (Fsp3) is 0.169. The van der Waals surface area contributed by atoms with Crippen LogP contribution in [0.5, 0.6) is 0 Å². The van der Waals surface area contributed by atoms with Crippen molar-refractivity contribution in [1.82, 2.24) is 0 Å². The monoisotopic (exact) mass is 933 g/mol. The number of aryl methyl sites for hydroxylation is 3. The summed E-state index contributed by atoms with van der Waals surface area (Å²) in [5.74, 6) is 0. The van der Waals surface area contributed by atoms with Crippen LogP contribution in [-0.2, 0) is 5.41 Å². The van der Waals surface area contributed by atoms with E-state index in [1.807, 2.05) is 11.3 Å². The first-order valence-electron chi connectivity index (χ1n) is 25.5. The minimum absolute atomic E-state index is 0.0192. The Morgan fingerprint density at radius 1 is 0.507 bits per heavy atom. The van der Waals surface area contributed by atoms with Gasteiger partial charge in [0.1, 0.15) is 5.58 Å². The number of benzene rings is 9. The molecular weight excluding hydrogens is 882 g/mol. The fourth-order valence-electron chi connectivity index (χ4n) is 14.2. The predicted octanol–water partition coefficient (Wildman–Crippen LogP) is 16.4. The Balaban J connectivity index is 1.05. The number of para-hydroxylation sites is 2. The average Bonchev–Trinajstić information content (AvgIpc) is 4.03. The van der Waals surface area contributed by atoms with Crippen molar-refractivity contribution in [3.8, 4) is 11.1 Å². The Labute approximate surface area is 419 Å². The lowest BCUT2D eigenvalue weighted by Gasteiger charge is -2.51. The Bertz CT molecular complexity index is 4080. The van der Waals surface area contributed by atoms with E-state index < -0.39 is 0 Å². The second kappa shape index (κ2) is 14.8. The van der Waals surface area contributed by atoms with Gasteiger partial charge in [-0.15, -0.1) is 11.3 Å². The number of anilines is 8. The highest BCUT2D eigenvalue weighted by Gasteiger charge is 2.58. The third-order valence-electron chi connectivity index (χ3n) is 17.3. The quantitative estimate of drug-likeness (QED) is 0.164. The maximum absolute atomic E-state index is 7.02. The Hall–Kier alpha value is -7.54. The average molecular weight is 934 g/mol.